The molecule has 0 aliphatic rings. The van der Waals surface area contributed by atoms with Gasteiger partial charge in [0.05, 0.1) is 21.3 Å². The van der Waals surface area contributed by atoms with Gasteiger partial charge >= 0.3 is 0 Å². The largest absolute Gasteiger partial charge is 0.497 e. The summed E-state index contributed by atoms with van der Waals surface area (Å²) in [5, 5.41) is 2.95. The number of rotatable bonds is 14. The minimum absolute atomic E-state index is 0.171. The summed E-state index contributed by atoms with van der Waals surface area (Å²) < 4.78 is 21.6. The molecule has 0 aliphatic carbocycles. The molecule has 0 saturated heterocycles. The van der Waals surface area contributed by atoms with Crippen LogP contribution in [0, 0.1) is 0 Å². The number of carbonyl (C=O) groups excluding carboxylic acids is 2. The van der Waals surface area contributed by atoms with Crippen molar-refractivity contribution in [2.24, 2.45) is 0 Å². The van der Waals surface area contributed by atoms with Crippen molar-refractivity contribution in [3.63, 3.8) is 0 Å². The summed E-state index contributed by atoms with van der Waals surface area (Å²) >= 11 is 0. The van der Waals surface area contributed by atoms with Gasteiger partial charge in [-0.1, -0.05) is 32.4 Å². The SMILES string of the molecule is CCCCNC(=O)C(CC)N(Cc1cccc(OC)c1)C(=O)COc1cc(OC)cc(OC)c1. The molecule has 0 spiro atoms. The Morgan fingerprint density at radius 2 is 1.56 bits per heavy atom. The number of hydrogen-bond acceptors (Lipinski definition) is 6. The normalized spacial score (nSPS) is 11.3. The second-order valence-electron chi connectivity index (χ2n) is 7.78. The Hall–Kier alpha value is -3.42. The number of nitrogens with zero attached hydrogens (tertiary/aromatic N) is 1. The maximum absolute atomic E-state index is 13.3. The molecule has 2 rings (SSSR count). The van der Waals surface area contributed by atoms with Crippen molar-refractivity contribution < 1.29 is 28.5 Å². The highest BCUT2D eigenvalue weighted by Crippen LogP contribution is 2.27. The fourth-order valence-corrected chi connectivity index (χ4v) is 3.49. The molecule has 0 aliphatic heterocycles. The van der Waals surface area contributed by atoms with Gasteiger partial charge in [-0.05, 0) is 30.5 Å². The number of nitrogens with one attached hydrogen (secondary N) is 1. The fraction of sp³-hybridized carbons (Fsp3) is 0.462. The number of hydrogen-bond donors (Lipinski definition) is 1. The zero-order valence-corrected chi connectivity index (χ0v) is 20.8. The molecule has 1 unspecified atom stereocenters. The number of methoxy groups -OCH3 is 3. The summed E-state index contributed by atoms with van der Waals surface area (Å²) in [7, 11) is 4.68. The monoisotopic (exact) mass is 472 g/mol. The van der Waals surface area contributed by atoms with Gasteiger partial charge in [0.25, 0.3) is 5.91 Å². The number of ether oxygens (including phenoxy) is 4. The molecule has 8 nitrogen and oxygen atoms in total. The van der Waals surface area contributed by atoms with Gasteiger partial charge in [0.2, 0.25) is 5.91 Å². The van der Waals surface area contributed by atoms with Crippen LogP contribution in [0.4, 0.5) is 0 Å². The van der Waals surface area contributed by atoms with Crippen molar-refractivity contribution >= 4 is 11.8 Å². The summed E-state index contributed by atoms with van der Waals surface area (Å²) in [5.41, 5.74) is 0.857. The Bertz CT molecular complexity index is 911. The van der Waals surface area contributed by atoms with Gasteiger partial charge in [0, 0.05) is 31.3 Å². The molecular formula is C26H36N2O6. The molecule has 186 valence electrons. The molecule has 1 N–H and O–H groups in total. The van der Waals surface area contributed by atoms with Crippen molar-refractivity contribution in [1.29, 1.82) is 0 Å². The van der Waals surface area contributed by atoms with Crippen LogP contribution in [0.15, 0.2) is 42.5 Å². The number of unbranched alkanes of at least 4 members (excludes halogenated alkanes) is 1. The van der Waals surface area contributed by atoms with Gasteiger partial charge < -0.3 is 29.2 Å². The predicted octanol–water partition coefficient (Wildman–Crippen LogP) is 3.81. The Morgan fingerprint density at radius 1 is 0.912 bits per heavy atom. The quantitative estimate of drug-likeness (QED) is 0.421. The lowest BCUT2D eigenvalue weighted by molar-refractivity contribution is -0.143. The van der Waals surface area contributed by atoms with Gasteiger partial charge in [0.15, 0.2) is 6.61 Å². The highest BCUT2D eigenvalue weighted by molar-refractivity contribution is 5.88. The summed E-state index contributed by atoms with van der Waals surface area (Å²) in [6, 6.07) is 11.9. The van der Waals surface area contributed by atoms with Crippen LogP contribution in [0.25, 0.3) is 0 Å². The van der Waals surface area contributed by atoms with Crippen LogP contribution in [-0.2, 0) is 16.1 Å². The molecule has 8 heteroatoms. The van der Waals surface area contributed by atoms with Crippen molar-refractivity contribution in [3.8, 4) is 23.0 Å². The third-order valence-electron chi connectivity index (χ3n) is 5.39. The second-order valence-corrected chi connectivity index (χ2v) is 7.78. The Labute approximate surface area is 202 Å². The molecule has 34 heavy (non-hydrogen) atoms. The smallest absolute Gasteiger partial charge is 0.261 e. The van der Waals surface area contributed by atoms with Crippen LogP contribution in [0.2, 0.25) is 0 Å². The molecule has 2 amide bonds. The highest BCUT2D eigenvalue weighted by atomic mass is 16.5. The number of benzene rings is 2. The lowest BCUT2D eigenvalue weighted by Crippen LogP contribution is -2.50. The Balaban J connectivity index is 2.24. The number of carbonyl (C=O) groups is 2. The van der Waals surface area contributed by atoms with Crippen molar-refractivity contribution in [2.75, 3.05) is 34.5 Å². The van der Waals surface area contributed by atoms with E-state index in [-0.39, 0.29) is 25.0 Å². The highest BCUT2D eigenvalue weighted by Gasteiger charge is 2.29. The van der Waals surface area contributed by atoms with Crippen molar-refractivity contribution in [1.82, 2.24) is 10.2 Å². The van der Waals surface area contributed by atoms with E-state index >= 15 is 0 Å². The lowest BCUT2D eigenvalue weighted by atomic mass is 10.1. The first-order valence-electron chi connectivity index (χ1n) is 11.5. The van der Waals surface area contributed by atoms with Crippen molar-refractivity contribution in [3.05, 3.63) is 48.0 Å². The van der Waals surface area contributed by atoms with Gasteiger partial charge in [0.1, 0.15) is 29.0 Å². The van der Waals surface area contributed by atoms with Crippen LogP contribution >= 0.6 is 0 Å². The molecule has 0 fully saturated rings. The zero-order valence-electron chi connectivity index (χ0n) is 20.8. The molecule has 2 aromatic rings. The first kappa shape index (κ1) is 26.8. The first-order chi connectivity index (χ1) is 16.4. The van der Waals surface area contributed by atoms with E-state index in [4.69, 9.17) is 18.9 Å². The van der Waals surface area contributed by atoms with Crippen LogP contribution in [0.1, 0.15) is 38.7 Å². The Morgan fingerprint density at radius 3 is 2.15 bits per heavy atom. The molecule has 0 saturated carbocycles. The van der Waals surface area contributed by atoms with Gasteiger partial charge in [-0.2, -0.15) is 0 Å². The summed E-state index contributed by atoms with van der Waals surface area (Å²) in [4.78, 5) is 27.9. The van der Waals surface area contributed by atoms with Crippen LogP contribution in [0.5, 0.6) is 23.0 Å². The predicted molar refractivity (Wildman–Crippen MR) is 131 cm³/mol. The van der Waals surface area contributed by atoms with E-state index in [1.165, 1.54) is 0 Å². The molecule has 2 aromatic carbocycles. The van der Waals surface area contributed by atoms with E-state index in [9.17, 15) is 9.59 Å². The summed E-state index contributed by atoms with van der Waals surface area (Å²) in [6.45, 7) is 4.55. The second kappa shape index (κ2) is 14.0. The average molecular weight is 473 g/mol. The van der Waals surface area contributed by atoms with E-state index in [0.29, 0.717) is 36.0 Å². The minimum Gasteiger partial charge on any atom is -0.497 e. The van der Waals surface area contributed by atoms with Gasteiger partial charge in [-0.25, -0.2) is 0 Å². The first-order valence-corrected chi connectivity index (χ1v) is 11.5. The third-order valence-corrected chi connectivity index (χ3v) is 5.39. The Kier molecular flexibility index (Phi) is 11.0. The van der Waals surface area contributed by atoms with E-state index in [1.54, 1.807) is 44.4 Å². The van der Waals surface area contributed by atoms with E-state index in [2.05, 4.69) is 12.2 Å². The number of amides is 2. The van der Waals surface area contributed by atoms with Crippen molar-refractivity contribution in [2.45, 2.75) is 45.7 Å². The molecule has 1 atom stereocenters. The van der Waals surface area contributed by atoms with E-state index < -0.39 is 6.04 Å². The van der Waals surface area contributed by atoms with E-state index in [1.807, 2.05) is 31.2 Å². The van der Waals surface area contributed by atoms with Crippen LogP contribution in [-0.4, -0.2) is 57.2 Å². The summed E-state index contributed by atoms with van der Waals surface area (Å²) in [6.07, 6.45) is 2.33. The van der Waals surface area contributed by atoms with E-state index in [0.717, 1.165) is 18.4 Å². The lowest BCUT2D eigenvalue weighted by Gasteiger charge is -2.30. The maximum Gasteiger partial charge on any atom is 0.261 e. The topological polar surface area (TPSA) is 86.3 Å². The molecule has 0 bridgehead atoms. The molecule has 0 aromatic heterocycles. The molecular weight excluding hydrogens is 436 g/mol. The third kappa shape index (κ3) is 7.86. The minimum atomic E-state index is -0.626. The standard InChI is InChI=1S/C26H36N2O6/c1-6-8-12-27-26(30)24(7-2)28(17-19-10-9-11-20(13-19)31-3)25(29)18-34-23-15-21(32-4)14-22(16-23)33-5/h9-11,13-16,24H,6-8,12,17-18H2,1-5H3,(H,27,30). The average Bonchev–Trinajstić information content (AvgIpc) is 2.87. The molecule has 0 heterocycles. The summed E-state index contributed by atoms with van der Waals surface area (Å²) in [5.74, 6) is 1.75. The zero-order chi connectivity index (χ0) is 24.9. The fourth-order valence-electron chi connectivity index (χ4n) is 3.49. The van der Waals surface area contributed by atoms with Crippen LogP contribution in [0.3, 0.4) is 0 Å². The van der Waals surface area contributed by atoms with Gasteiger partial charge in [-0.3, -0.25) is 9.59 Å². The van der Waals surface area contributed by atoms with Gasteiger partial charge in [-0.15, -0.1) is 0 Å². The van der Waals surface area contributed by atoms with Crippen LogP contribution < -0.4 is 24.3 Å². The molecule has 0 radical (unpaired) electrons. The maximum atomic E-state index is 13.3.